The molecule has 0 N–H and O–H groups in total. The van der Waals surface area contributed by atoms with Gasteiger partial charge in [0, 0.05) is 145 Å². The van der Waals surface area contributed by atoms with Crippen molar-refractivity contribution >= 4 is 0 Å². The van der Waals surface area contributed by atoms with Gasteiger partial charge in [-0.15, -0.1) is 0 Å². The lowest BCUT2D eigenvalue weighted by molar-refractivity contribution is -0.667. The molecule has 14 rings (SSSR count). The van der Waals surface area contributed by atoms with E-state index in [1.807, 2.05) is 131 Å². The maximum Gasteiger partial charge on any atom is 0.215 e. The van der Waals surface area contributed by atoms with E-state index in [9.17, 15) is 0 Å². The molecule has 114 heavy (non-hydrogen) atoms. The first-order chi connectivity index (χ1) is 58.1. The van der Waals surface area contributed by atoms with E-state index in [0.29, 0.717) is 22.1 Å². The quantitative estimate of drug-likeness (QED) is 0.115. The SMILES string of the molecule is CCc1c[n+](C)c(-c2ccccc2C)cc1C1CCCC1.Cc1cc(C)[n+](C)c(-c2ccccc2C)c1.Cc1ccccc1-c1cc(C2CCCC2)c(CC(C)(C)C)c[n+]1C.[2H]C([2H])([2H])C([2H])(C)c1ccc(-c2ccccc2C)[n+](C)c1C.[2H]C([2H])([2H])c1c(C)c(C)c(-c2ccccc2C)[n+](C)c1C.[2H]C([2H])([2H])c1c(C)cc(-c2ccccc2C)[n+](C)c1C. The highest BCUT2D eigenvalue weighted by Gasteiger charge is 2.30. The predicted octanol–water partition coefficient (Wildman–Crippen LogP) is 24.6. The van der Waals surface area contributed by atoms with Gasteiger partial charge in [0.2, 0.25) is 34.2 Å². The van der Waals surface area contributed by atoms with Crippen LogP contribution in [0.15, 0.2) is 200 Å². The third-order valence-corrected chi connectivity index (χ3v) is 24.2. The van der Waals surface area contributed by atoms with Crippen LogP contribution in [0, 0.1) is 116 Å². The molecule has 596 valence electrons. The van der Waals surface area contributed by atoms with Crippen LogP contribution in [-0.4, -0.2) is 0 Å². The number of hydrogen-bond acceptors (Lipinski definition) is 0. The van der Waals surface area contributed by atoms with Crippen LogP contribution in [-0.2, 0) is 55.1 Å². The highest BCUT2D eigenvalue weighted by atomic mass is 15.0. The van der Waals surface area contributed by atoms with E-state index in [4.69, 9.17) is 13.7 Å². The lowest BCUT2D eigenvalue weighted by atomic mass is 9.83. The second-order valence-electron chi connectivity index (χ2n) is 33.8. The number of pyridine rings is 6. The lowest BCUT2D eigenvalue weighted by Crippen LogP contribution is -2.37. The van der Waals surface area contributed by atoms with E-state index in [2.05, 4.69) is 258 Å². The van der Waals surface area contributed by atoms with Crippen LogP contribution in [0.2, 0.25) is 0 Å². The monoisotopic (exact) mass is 1530 g/mol. The summed E-state index contributed by atoms with van der Waals surface area (Å²) in [5.41, 5.74) is 38.0. The molecule has 2 aliphatic carbocycles. The zero-order valence-electron chi connectivity index (χ0n) is 84.0. The molecule has 6 nitrogen and oxygen atoms in total. The number of benzene rings is 6. The molecule has 6 aromatic carbocycles. The Labute approximate surface area is 704 Å². The summed E-state index contributed by atoms with van der Waals surface area (Å²) in [6.07, 6.45) is 18.1. The summed E-state index contributed by atoms with van der Waals surface area (Å²) in [6.45, 7) is 32.7. The minimum absolute atomic E-state index is 0.324. The molecule has 0 bridgehead atoms. The number of hydrogen-bond donors (Lipinski definition) is 0. The molecule has 0 amide bonds. The summed E-state index contributed by atoms with van der Waals surface area (Å²) < 4.78 is 90.4. The molecule has 6 heteroatoms. The average Bonchev–Trinajstić information content (AvgIpc) is 0.845. The van der Waals surface area contributed by atoms with Gasteiger partial charge in [0.15, 0.2) is 35.2 Å². The summed E-state index contributed by atoms with van der Waals surface area (Å²) in [6, 6.07) is 65.5. The van der Waals surface area contributed by atoms with Gasteiger partial charge in [-0.1, -0.05) is 176 Å². The van der Waals surface area contributed by atoms with Crippen molar-refractivity contribution in [3.63, 3.8) is 0 Å². The van der Waals surface area contributed by atoms with E-state index >= 15 is 0 Å². The van der Waals surface area contributed by atoms with Crippen molar-refractivity contribution in [1.82, 2.24) is 0 Å². The number of aromatic nitrogens is 6. The van der Waals surface area contributed by atoms with Gasteiger partial charge in [-0.25, -0.2) is 9.13 Å². The van der Waals surface area contributed by atoms with Crippen LogP contribution < -0.4 is 27.4 Å². The number of rotatable bonds is 11. The van der Waals surface area contributed by atoms with Crippen molar-refractivity contribution in [2.75, 3.05) is 0 Å². The smallest absolute Gasteiger partial charge is 0.201 e. The summed E-state index contributed by atoms with van der Waals surface area (Å²) in [4.78, 5) is 0. The minimum Gasteiger partial charge on any atom is -0.201 e. The molecule has 6 heterocycles. The maximum atomic E-state index is 8.30. The van der Waals surface area contributed by atoms with Gasteiger partial charge in [-0.2, -0.15) is 18.3 Å². The lowest BCUT2D eigenvalue weighted by Gasteiger charge is -2.22. The second kappa shape index (κ2) is 39.5. The molecule has 2 fully saturated rings. The van der Waals surface area contributed by atoms with Crippen molar-refractivity contribution in [2.24, 2.45) is 47.7 Å². The van der Waals surface area contributed by atoms with Crippen molar-refractivity contribution in [2.45, 2.75) is 234 Å². The fourth-order valence-electron chi connectivity index (χ4n) is 16.9. The molecule has 0 radical (unpaired) electrons. The first kappa shape index (κ1) is 74.3. The first-order valence-electron chi connectivity index (χ1n) is 46.5. The molecule has 1 unspecified atom stereocenters. The topological polar surface area (TPSA) is 23.3 Å². The third kappa shape index (κ3) is 21.2. The van der Waals surface area contributed by atoms with Gasteiger partial charge in [0.1, 0.15) is 42.3 Å². The van der Waals surface area contributed by atoms with Crippen LogP contribution >= 0.6 is 0 Å². The van der Waals surface area contributed by atoms with Gasteiger partial charge in [-0.05, 0) is 248 Å². The third-order valence-electron chi connectivity index (χ3n) is 24.2. The number of nitrogens with zero attached hydrogens (tertiary/aromatic N) is 6. The van der Waals surface area contributed by atoms with Gasteiger partial charge in [0.25, 0.3) is 0 Å². The molecule has 0 saturated heterocycles. The van der Waals surface area contributed by atoms with Crippen LogP contribution in [0.5, 0.6) is 0 Å². The summed E-state index contributed by atoms with van der Waals surface area (Å²) >= 11 is 0. The van der Waals surface area contributed by atoms with Crippen molar-refractivity contribution in [1.29, 1.82) is 0 Å². The standard InChI is InChI=1S/C23H32N.C20H26N.2C17H22N.C16H20N.C15H18N/c1-17-10-6-9-13-20(17)22-14-21(18-11-7-8-12-18)19(16-24(22)5)15-23(2,3)4;1-4-16-14-21(3)20(18-12-8-5-9-15(18)2)13-19(16)17-10-6-7-11-17;1-11-9-7-8-10-16(11)17-14(4)12(2)13(3)15(5)18(17)6;1-12(2)15-10-11-17(18(5)14(15)4)16-9-7-6-8-13(16)3;1-11-8-6-7-9-15(11)16-10-12(2)13(3)14(4)17(16)5;1-11-9-13(3)16(4)15(10-11)14-8-6-5-7-12(14)2/h6,9-10,13-14,16,18H,7-8,11-12,15H2,1-5H3;5,8-9,12-14,17H,4,6-7,10-11H2,1-3H3;7-10H,1-6H3;6-12H,1-5H3;6-10H,1-5H3;5-10H,1-4H3/q6*+1/i;;3D3;1D3,12D;3D3;. The normalized spacial score (nSPS) is 14.9. The zero-order chi connectivity index (χ0) is 91.6. The summed E-state index contributed by atoms with van der Waals surface area (Å²) in [7, 11) is 12.3. The Morgan fingerprint density at radius 1 is 0.377 bits per heavy atom. The first-order valence-corrected chi connectivity index (χ1v) is 41.5. The van der Waals surface area contributed by atoms with Crippen molar-refractivity contribution in [3.05, 3.63) is 318 Å². The fourth-order valence-corrected chi connectivity index (χ4v) is 16.9. The fraction of sp³-hybridized carbons (Fsp3) is 0.389. The Morgan fingerprint density at radius 2 is 0.754 bits per heavy atom. The van der Waals surface area contributed by atoms with Gasteiger partial charge >= 0.3 is 0 Å². The van der Waals surface area contributed by atoms with Crippen molar-refractivity contribution < 1.29 is 41.1 Å². The predicted molar refractivity (Wildman–Crippen MR) is 483 cm³/mol. The Kier molecular flexibility index (Phi) is 25.8. The van der Waals surface area contributed by atoms with E-state index < -0.39 is 26.4 Å². The minimum atomic E-state index is -2.37. The highest BCUT2D eigenvalue weighted by molar-refractivity contribution is 5.68. The molecule has 0 aliphatic heterocycles. The van der Waals surface area contributed by atoms with Crippen molar-refractivity contribution in [3.8, 4) is 67.5 Å². The van der Waals surface area contributed by atoms with E-state index in [0.717, 1.165) is 97.8 Å². The van der Waals surface area contributed by atoms with Gasteiger partial charge in [0.05, 0.1) is 0 Å². The molecule has 2 aliphatic rings. The Balaban J connectivity index is 0.000000169. The molecule has 12 aromatic rings. The Hall–Kier alpha value is -9.78. The van der Waals surface area contributed by atoms with E-state index in [-0.39, 0.29) is 0 Å². The molecule has 2 saturated carbocycles. The molecule has 6 aromatic heterocycles. The maximum absolute atomic E-state index is 8.30. The Bertz CT molecular complexity index is 5740. The van der Waals surface area contributed by atoms with Gasteiger partial charge < -0.3 is 0 Å². The average molecular weight is 1530 g/mol. The van der Waals surface area contributed by atoms with Crippen LogP contribution in [0.4, 0.5) is 0 Å². The molecule has 1 atom stereocenters. The van der Waals surface area contributed by atoms with Crippen LogP contribution in [0.3, 0.4) is 0 Å². The van der Waals surface area contributed by atoms with Crippen LogP contribution in [0.1, 0.15) is 242 Å². The molecular weight excluding hydrogens is 1380 g/mol. The molecule has 0 spiro atoms. The highest BCUT2D eigenvalue weighted by Crippen LogP contribution is 2.41. The van der Waals surface area contributed by atoms with E-state index in [1.165, 1.54) is 137 Å². The summed E-state index contributed by atoms with van der Waals surface area (Å²) in [5.74, 6) is -0.0886. The molecular formula is C108H140N6+6. The zero-order valence-corrected chi connectivity index (χ0v) is 74.0. The largest absolute Gasteiger partial charge is 0.215 e. The number of aryl methyl sites for hydroxylation is 12. The van der Waals surface area contributed by atoms with Crippen LogP contribution in [0.25, 0.3) is 67.5 Å². The van der Waals surface area contributed by atoms with Gasteiger partial charge in [-0.3, -0.25) is 0 Å². The van der Waals surface area contributed by atoms with E-state index in [1.54, 1.807) is 22.8 Å². The summed E-state index contributed by atoms with van der Waals surface area (Å²) in [5, 5.41) is 0. The Morgan fingerprint density at radius 3 is 1.17 bits per heavy atom. The second-order valence-corrected chi connectivity index (χ2v) is 33.8.